The summed E-state index contributed by atoms with van der Waals surface area (Å²) < 4.78 is 51.3. The van der Waals surface area contributed by atoms with Crippen LogP contribution in [0, 0.1) is 11.5 Å². The van der Waals surface area contributed by atoms with Gasteiger partial charge >= 0.3 is 6.18 Å². The smallest absolute Gasteiger partial charge is 0.347 e. The third-order valence-electron chi connectivity index (χ3n) is 3.48. The molecular weight excluding hydrogens is 341 g/mol. The quantitative estimate of drug-likeness (QED) is 0.468. The highest BCUT2D eigenvalue weighted by Gasteiger charge is 2.40. The molecule has 8 nitrogen and oxygen atoms in total. The van der Waals surface area contributed by atoms with Gasteiger partial charge in [0.1, 0.15) is 0 Å². The van der Waals surface area contributed by atoms with Gasteiger partial charge in [0.25, 0.3) is 0 Å². The van der Waals surface area contributed by atoms with Crippen molar-refractivity contribution in [2.24, 2.45) is 4.99 Å². The highest BCUT2D eigenvalue weighted by atomic mass is 19.4. The van der Waals surface area contributed by atoms with Crippen LogP contribution in [0.15, 0.2) is 17.4 Å². The topological polar surface area (TPSA) is 87.7 Å². The average Bonchev–Trinajstić information content (AvgIpc) is 2.99. The summed E-state index contributed by atoms with van der Waals surface area (Å²) in [6.07, 6.45) is -0.573. The van der Waals surface area contributed by atoms with Gasteiger partial charge in [-0.2, -0.15) is 18.4 Å². The van der Waals surface area contributed by atoms with Crippen LogP contribution < -0.4 is 5.32 Å². The number of imidazole rings is 1. The molecule has 1 aromatic heterocycles. The van der Waals surface area contributed by atoms with E-state index in [-0.39, 0.29) is 25.7 Å². The number of alkyl halides is 3. The molecular formula is C14H19F3N6O2. The first-order valence-corrected chi connectivity index (χ1v) is 7.66. The van der Waals surface area contributed by atoms with Crippen molar-refractivity contribution in [3.05, 3.63) is 18.2 Å². The highest BCUT2D eigenvalue weighted by molar-refractivity contribution is 5.81. The van der Waals surface area contributed by atoms with E-state index in [0.717, 1.165) is 10.8 Å². The van der Waals surface area contributed by atoms with E-state index in [1.165, 1.54) is 11.1 Å². The maximum atomic E-state index is 13.0. The number of hydrogen-bond donors (Lipinski definition) is 1. The summed E-state index contributed by atoms with van der Waals surface area (Å²) in [5.74, 6) is -1.96. The molecule has 2 heterocycles. The molecule has 0 fully saturated rings. The molecule has 25 heavy (non-hydrogen) atoms. The molecule has 1 aliphatic heterocycles. The Morgan fingerprint density at radius 3 is 2.60 bits per heavy atom. The van der Waals surface area contributed by atoms with E-state index in [2.05, 4.69) is 15.3 Å². The van der Waals surface area contributed by atoms with Crippen LogP contribution in [0.3, 0.4) is 0 Å². The van der Waals surface area contributed by atoms with E-state index in [0.29, 0.717) is 13.2 Å². The molecule has 1 aromatic rings. The zero-order valence-electron chi connectivity index (χ0n) is 13.9. The Balaban J connectivity index is 2.29. The Kier molecular flexibility index (Phi) is 5.86. The second kappa shape index (κ2) is 7.71. The molecule has 138 valence electrons. The first-order valence-electron chi connectivity index (χ1n) is 7.66. The second-order valence-electron chi connectivity index (χ2n) is 5.21. The summed E-state index contributed by atoms with van der Waals surface area (Å²) in [6.45, 7) is 4.30. The summed E-state index contributed by atoms with van der Waals surface area (Å²) in [4.78, 5) is 9.02. The van der Waals surface area contributed by atoms with Crippen molar-refractivity contribution in [1.82, 2.24) is 19.8 Å². The number of rotatable bonds is 6. The fourth-order valence-electron chi connectivity index (χ4n) is 2.61. The van der Waals surface area contributed by atoms with Gasteiger partial charge in [-0.3, -0.25) is 5.32 Å². The van der Waals surface area contributed by atoms with Gasteiger partial charge in [-0.05, 0) is 13.8 Å². The van der Waals surface area contributed by atoms with E-state index in [4.69, 9.17) is 14.7 Å². The highest BCUT2D eigenvalue weighted by Crippen LogP contribution is 2.28. The number of hydrogen-bond acceptors (Lipinski definition) is 7. The van der Waals surface area contributed by atoms with Crippen molar-refractivity contribution in [1.29, 1.82) is 5.26 Å². The summed E-state index contributed by atoms with van der Waals surface area (Å²) >= 11 is 0. The third kappa shape index (κ3) is 4.40. The lowest BCUT2D eigenvalue weighted by atomic mass is 10.2. The SMILES string of the molecule is CCOC1(OCC)CN=C(NC#N)N(Cn2ccnc2C(F)(F)F)C1. The lowest BCUT2D eigenvalue weighted by Gasteiger charge is -2.41. The van der Waals surface area contributed by atoms with Crippen LogP contribution in [0.2, 0.25) is 0 Å². The first-order chi connectivity index (χ1) is 11.8. The number of aliphatic imine (C=N–C) groups is 1. The van der Waals surface area contributed by atoms with Crippen molar-refractivity contribution in [2.45, 2.75) is 32.5 Å². The Hall–Kier alpha value is -2.32. The molecule has 0 saturated heterocycles. The molecule has 0 atom stereocenters. The Labute approximate surface area is 142 Å². The number of guanidine groups is 1. The zero-order valence-corrected chi connectivity index (χ0v) is 13.9. The number of halogens is 3. The second-order valence-corrected chi connectivity index (χ2v) is 5.21. The largest absolute Gasteiger partial charge is 0.449 e. The number of ether oxygens (including phenoxy) is 2. The van der Waals surface area contributed by atoms with Gasteiger partial charge < -0.3 is 18.9 Å². The van der Waals surface area contributed by atoms with Crippen LogP contribution in [0.25, 0.3) is 0 Å². The van der Waals surface area contributed by atoms with Crippen molar-refractivity contribution >= 4 is 5.96 Å². The van der Waals surface area contributed by atoms with E-state index < -0.39 is 17.8 Å². The summed E-state index contributed by atoms with van der Waals surface area (Å²) in [5.41, 5.74) is 0. The van der Waals surface area contributed by atoms with Gasteiger partial charge in [-0.1, -0.05) is 0 Å². The lowest BCUT2D eigenvalue weighted by molar-refractivity contribution is -0.235. The fourth-order valence-corrected chi connectivity index (χ4v) is 2.61. The predicted octanol–water partition coefficient (Wildman–Crippen LogP) is 1.37. The first kappa shape index (κ1) is 19.0. The monoisotopic (exact) mass is 360 g/mol. The standard InChI is InChI=1S/C14H19F3N6O2/c1-3-24-13(25-4-2)7-20-12(21-9-18)23(8-13)10-22-6-5-19-11(22)14(15,16)17/h5-6H,3-4,7-8,10H2,1-2H3,(H,20,21). The van der Waals surface area contributed by atoms with Gasteiger partial charge in [0, 0.05) is 25.6 Å². The Morgan fingerprint density at radius 2 is 2.04 bits per heavy atom. The minimum Gasteiger partial charge on any atom is -0.347 e. The van der Waals surface area contributed by atoms with E-state index in [1.807, 2.05) is 0 Å². The van der Waals surface area contributed by atoms with Crippen molar-refractivity contribution < 1.29 is 22.6 Å². The number of nitrogens with one attached hydrogen (secondary N) is 1. The van der Waals surface area contributed by atoms with Gasteiger partial charge in [0.15, 0.2) is 6.19 Å². The van der Waals surface area contributed by atoms with Crippen molar-refractivity contribution in [3.8, 4) is 6.19 Å². The van der Waals surface area contributed by atoms with E-state index in [1.54, 1.807) is 20.0 Å². The Morgan fingerprint density at radius 1 is 1.36 bits per heavy atom. The van der Waals surface area contributed by atoms with Gasteiger partial charge in [-0.15, -0.1) is 0 Å². The normalized spacial score (nSPS) is 17.1. The number of nitrogens with zero attached hydrogens (tertiary/aromatic N) is 5. The molecule has 11 heteroatoms. The molecule has 0 saturated carbocycles. The molecule has 0 aliphatic carbocycles. The van der Waals surface area contributed by atoms with E-state index in [9.17, 15) is 13.2 Å². The molecule has 0 unspecified atom stereocenters. The predicted molar refractivity (Wildman–Crippen MR) is 81.0 cm³/mol. The molecule has 0 bridgehead atoms. The van der Waals surface area contributed by atoms with Gasteiger partial charge in [0.05, 0.1) is 19.8 Å². The van der Waals surface area contributed by atoms with Crippen molar-refractivity contribution in [3.63, 3.8) is 0 Å². The molecule has 0 aromatic carbocycles. The van der Waals surface area contributed by atoms with Crippen LogP contribution in [-0.2, 0) is 22.3 Å². The van der Waals surface area contributed by atoms with Gasteiger partial charge in [-0.25, -0.2) is 9.98 Å². The maximum absolute atomic E-state index is 13.0. The molecule has 1 aliphatic rings. The fraction of sp³-hybridized carbons (Fsp3) is 0.643. The molecule has 0 radical (unpaired) electrons. The number of aromatic nitrogens is 2. The number of nitriles is 1. The summed E-state index contributed by atoms with van der Waals surface area (Å²) in [6, 6.07) is 0. The molecule has 1 N–H and O–H groups in total. The average molecular weight is 360 g/mol. The van der Waals surface area contributed by atoms with Crippen LogP contribution in [-0.4, -0.2) is 52.5 Å². The lowest BCUT2D eigenvalue weighted by Crippen LogP contribution is -2.57. The van der Waals surface area contributed by atoms with Crippen LogP contribution in [0.5, 0.6) is 0 Å². The maximum Gasteiger partial charge on any atom is 0.449 e. The van der Waals surface area contributed by atoms with Crippen LogP contribution >= 0.6 is 0 Å². The minimum absolute atomic E-state index is 0.109. The molecule has 0 amide bonds. The molecule has 2 rings (SSSR count). The summed E-state index contributed by atoms with van der Waals surface area (Å²) in [5, 5.41) is 11.2. The molecule has 0 spiro atoms. The Bertz CT molecular complexity index is 646. The van der Waals surface area contributed by atoms with Crippen molar-refractivity contribution in [2.75, 3.05) is 26.3 Å². The zero-order chi connectivity index (χ0) is 18.5. The minimum atomic E-state index is -4.59. The summed E-state index contributed by atoms with van der Waals surface area (Å²) in [7, 11) is 0. The van der Waals surface area contributed by atoms with Crippen LogP contribution in [0.1, 0.15) is 19.7 Å². The third-order valence-corrected chi connectivity index (χ3v) is 3.48. The van der Waals surface area contributed by atoms with E-state index >= 15 is 0 Å². The van der Waals surface area contributed by atoms with Crippen LogP contribution in [0.4, 0.5) is 13.2 Å². The van der Waals surface area contributed by atoms with Gasteiger partial charge in [0.2, 0.25) is 17.6 Å².